The smallest absolute Gasteiger partial charge is 0.334 e. The van der Waals surface area contributed by atoms with E-state index in [1.54, 1.807) is 0 Å². The molecule has 7 nitrogen and oxygen atoms in total. The molecule has 1 aliphatic heterocycles. The Balaban J connectivity index is 1.26. The van der Waals surface area contributed by atoms with Crippen LogP contribution in [0, 0.1) is 17.8 Å². The van der Waals surface area contributed by atoms with Crippen LogP contribution in [0.2, 0.25) is 0 Å². The zero-order valence-corrected chi connectivity index (χ0v) is 15.6. The summed E-state index contributed by atoms with van der Waals surface area (Å²) in [5, 5.41) is 3.18. The fraction of sp³-hybridized carbons (Fsp3) is 0.800. The highest BCUT2D eigenvalue weighted by Crippen LogP contribution is 2.55. The van der Waals surface area contributed by atoms with E-state index in [0.717, 1.165) is 54.7 Å². The molecule has 0 radical (unpaired) electrons. The average Bonchev–Trinajstić information content (AvgIpc) is 3.17. The van der Waals surface area contributed by atoms with Crippen LogP contribution in [0.15, 0.2) is 0 Å². The van der Waals surface area contributed by atoms with Crippen molar-refractivity contribution in [1.82, 2.24) is 15.1 Å². The third-order valence-electron chi connectivity index (χ3n) is 7.52. The van der Waals surface area contributed by atoms with Crippen LogP contribution in [0.4, 0.5) is 4.79 Å². The summed E-state index contributed by atoms with van der Waals surface area (Å²) >= 11 is 0. The Morgan fingerprint density at radius 3 is 2.04 bits per heavy atom. The van der Waals surface area contributed by atoms with Gasteiger partial charge < -0.3 is 5.32 Å². The lowest BCUT2D eigenvalue weighted by atomic mass is 9.53. The molecule has 0 unspecified atom stereocenters. The molecule has 5 saturated carbocycles. The minimum atomic E-state index is -0.854. The van der Waals surface area contributed by atoms with Crippen molar-refractivity contribution in [1.29, 1.82) is 0 Å². The molecule has 5 aliphatic carbocycles. The first-order valence-corrected chi connectivity index (χ1v) is 10.4. The fourth-order valence-electron chi connectivity index (χ4n) is 6.89. The molecule has 0 spiro atoms. The zero-order chi connectivity index (χ0) is 18.8. The van der Waals surface area contributed by atoms with E-state index in [9.17, 15) is 19.2 Å². The van der Waals surface area contributed by atoms with Crippen molar-refractivity contribution in [2.24, 2.45) is 17.8 Å². The number of imide groups is 2. The minimum absolute atomic E-state index is 0.160. The summed E-state index contributed by atoms with van der Waals surface area (Å²) in [6.45, 7) is -0.339. The molecule has 6 rings (SSSR count). The van der Waals surface area contributed by atoms with Crippen molar-refractivity contribution < 1.29 is 19.2 Å². The Kier molecular flexibility index (Phi) is 3.85. The van der Waals surface area contributed by atoms with E-state index in [-0.39, 0.29) is 24.0 Å². The van der Waals surface area contributed by atoms with Gasteiger partial charge in [-0.05, 0) is 69.1 Å². The Morgan fingerprint density at radius 2 is 1.48 bits per heavy atom. The molecule has 0 atom stereocenters. The van der Waals surface area contributed by atoms with Crippen molar-refractivity contribution in [3.05, 3.63) is 0 Å². The summed E-state index contributed by atoms with van der Waals surface area (Å²) < 4.78 is 0. The topological polar surface area (TPSA) is 86.8 Å². The second-order valence-corrected chi connectivity index (χ2v) is 9.53. The third-order valence-corrected chi connectivity index (χ3v) is 7.52. The lowest BCUT2D eigenvalue weighted by Gasteiger charge is -2.56. The molecule has 27 heavy (non-hydrogen) atoms. The van der Waals surface area contributed by atoms with Gasteiger partial charge in [-0.15, -0.1) is 0 Å². The number of nitrogens with one attached hydrogen (secondary N) is 1. The summed E-state index contributed by atoms with van der Waals surface area (Å²) in [5.74, 6) is 0.171. The third kappa shape index (κ3) is 2.77. The van der Waals surface area contributed by atoms with Crippen molar-refractivity contribution in [3.8, 4) is 0 Å². The first-order chi connectivity index (χ1) is 12.9. The van der Waals surface area contributed by atoms with Gasteiger partial charge in [0.15, 0.2) is 0 Å². The van der Waals surface area contributed by atoms with Crippen LogP contribution in [-0.2, 0) is 14.4 Å². The predicted molar refractivity (Wildman–Crippen MR) is 95.3 cm³/mol. The first kappa shape index (κ1) is 17.2. The van der Waals surface area contributed by atoms with Crippen molar-refractivity contribution in [2.75, 3.05) is 6.54 Å². The highest BCUT2D eigenvalue weighted by atomic mass is 16.2. The van der Waals surface area contributed by atoms with Crippen LogP contribution in [0.5, 0.6) is 0 Å². The van der Waals surface area contributed by atoms with E-state index >= 15 is 0 Å². The van der Waals surface area contributed by atoms with Crippen LogP contribution < -0.4 is 5.32 Å². The molecule has 6 aliphatic rings. The largest absolute Gasteiger partial charge is 0.349 e. The van der Waals surface area contributed by atoms with Crippen LogP contribution in [0.1, 0.15) is 64.2 Å². The molecular weight excluding hydrogens is 346 g/mol. The van der Waals surface area contributed by atoms with Gasteiger partial charge >= 0.3 is 17.8 Å². The Morgan fingerprint density at radius 1 is 0.926 bits per heavy atom. The molecule has 0 aromatic heterocycles. The Labute approximate surface area is 158 Å². The van der Waals surface area contributed by atoms with Gasteiger partial charge in [0.25, 0.3) is 0 Å². The molecule has 1 saturated heterocycles. The van der Waals surface area contributed by atoms with Gasteiger partial charge in [-0.1, -0.05) is 12.8 Å². The number of hydrogen-bond donors (Lipinski definition) is 1. The van der Waals surface area contributed by atoms with Gasteiger partial charge in [0, 0.05) is 11.6 Å². The second-order valence-electron chi connectivity index (χ2n) is 9.53. The fourth-order valence-corrected chi connectivity index (χ4v) is 6.89. The average molecular weight is 373 g/mol. The standard InChI is InChI=1S/C20H27N3O4/c24-16(21-20-8-12-5-13(9-20)7-14(6-12)10-20)11-22-17(25)18(26)23(19(22)27)15-3-1-2-4-15/h12-15H,1-11H2,(H,21,24). The van der Waals surface area contributed by atoms with Crippen LogP contribution >= 0.6 is 0 Å². The zero-order valence-electron chi connectivity index (χ0n) is 15.6. The van der Waals surface area contributed by atoms with E-state index in [0.29, 0.717) is 17.8 Å². The van der Waals surface area contributed by atoms with Gasteiger partial charge in [-0.25, -0.2) is 9.69 Å². The summed E-state index contributed by atoms with van der Waals surface area (Å²) in [6.07, 6.45) is 10.3. The molecule has 1 heterocycles. The molecule has 6 fully saturated rings. The van der Waals surface area contributed by atoms with Gasteiger partial charge in [0.2, 0.25) is 5.91 Å². The van der Waals surface area contributed by atoms with E-state index in [1.807, 2.05) is 0 Å². The maximum absolute atomic E-state index is 12.7. The number of hydrogen-bond acceptors (Lipinski definition) is 4. The van der Waals surface area contributed by atoms with E-state index in [4.69, 9.17) is 0 Å². The number of urea groups is 1. The Bertz CT molecular complexity index is 677. The maximum atomic E-state index is 12.7. The van der Waals surface area contributed by atoms with E-state index < -0.39 is 17.8 Å². The summed E-state index contributed by atoms with van der Waals surface area (Å²) in [5.41, 5.74) is -0.160. The van der Waals surface area contributed by atoms with Gasteiger partial charge in [0.05, 0.1) is 0 Å². The minimum Gasteiger partial charge on any atom is -0.349 e. The highest BCUT2D eigenvalue weighted by molar-refractivity contribution is 6.45. The molecule has 146 valence electrons. The van der Waals surface area contributed by atoms with E-state index in [2.05, 4.69) is 5.32 Å². The number of amides is 5. The van der Waals surface area contributed by atoms with Gasteiger partial charge in [-0.3, -0.25) is 19.3 Å². The van der Waals surface area contributed by atoms with Crippen LogP contribution in [-0.4, -0.2) is 51.7 Å². The summed E-state index contributed by atoms with van der Waals surface area (Å²) in [7, 11) is 0. The molecule has 5 amide bonds. The van der Waals surface area contributed by atoms with E-state index in [1.165, 1.54) is 19.3 Å². The SMILES string of the molecule is O=C(CN1C(=O)C(=O)N(C2CCCC2)C1=O)NC12CC3CC(CC(C3)C1)C2. The number of carbonyl (C=O) groups excluding carboxylic acids is 4. The lowest BCUT2D eigenvalue weighted by molar-refractivity contribution is -0.144. The number of nitrogens with zero attached hydrogens (tertiary/aromatic N) is 2. The molecule has 4 bridgehead atoms. The second kappa shape index (κ2) is 6.04. The summed E-state index contributed by atoms with van der Waals surface area (Å²) in [4.78, 5) is 51.9. The summed E-state index contributed by atoms with van der Waals surface area (Å²) in [6, 6.07) is -0.803. The quantitative estimate of drug-likeness (QED) is 0.601. The molecule has 0 aromatic carbocycles. The predicted octanol–water partition coefficient (Wildman–Crippen LogP) is 1.80. The van der Waals surface area contributed by atoms with Gasteiger partial charge in [-0.2, -0.15) is 0 Å². The molecule has 7 heteroatoms. The van der Waals surface area contributed by atoms with Crippen molar-refractivity contribution >= 4 is 23.8 Å². The number of carbonyl (C=O) groups is 4. The lowest BCUT2D eigenvalue weighted by Crippen LogP contribution is -2.61. The first-order valence-electron chi connectivity index (χ1n) is 10.4. The van der Waals surface area contributed by atoms with Crippen LogP contribution in [0.3, 0.4) is 0 Å². The van der Waals surface area contributed by atoms with Crippen molar-refractivity contribution in [3.63, 3.8) is 0 Å². The molecule has 0 aromatic rings. The molecular formula is C20H27N3O4. The number of rotatable bonds is 4. The monoisotopic (exact) mass is 373 g/mol. The normalized spacial score (nSPS) is 38.4. The maximum Gasteiger partial charge on any atom is 0.334 e. The molecule has 1 N–H and O–H groups in total. The van der Waals surface area contributed by atoms with Gasteiger partial charge in [0.1, 0.15) is 6.54 Å². The van der Waals surface area contributed by atoms with Crippen molar-refractivity contribution in [2.45, 2.75) is 75.8 Å². The Hall–Kier alpha value is -1.92. The highest BCUT2D eigenvalue weighted by Gasteiger charge is 2.53. The van der Waals surface area contributed by atoms with Crippen LogP contribution in [0.25, 0.3) is 0 Å².